The van der Waals surface area contributed by atoms with E-state index in [1.165, 1.54) is 18.2 Å². The third-order valence-corrected chi connectivity index (χ3v) is 3.45. The maximum Gasteiger partial charge on any atom is 0.258 e. The predicted octanol–water partition coefficient (Wildman–Crippen LogP) is 0.452. The van der Waals surface area contributed by atoms with Crippen LogP contribution in [-0.2, 0) is 4.79 Å². The molecule has 1 saturated carbocycles. The number of carbonyl (C=O) groups excluding carboxylic acids is 1. The van der Waals surface area contributed by atoms with Gasteiger partial charge in [-0.25, -0.2) is 4.39 Å². The fourth-order valence-electron chi connectivity index (χ4n) is 2.39. The molecule has 1 aliphatic carbocycles. The van der Waals surface area contributed by atoms with E-state index >= 15 is 0 Å². The molecule has 3 N–H and O–H groups in total. The Morgan fingerprint density at radius 3 is 2.80 bits per heavy atom. The van der Waals surface area contributed by atoms with E-state index < -0.39 is 11.9 Å². The van der Waals surface area contributed by atoms with Crippen molar-refractivity contribution in [2.45, 2.75) is 25.0 Å². The second-order valence-corrected chi connectivity index (χ2v) is 4.96. The maximum absolute atomic E-state index is 13.3. The van der Waals surface area contributed by atoms with Crippen molar-refractivity contribution in [1.29, 1.82) is 0 Å². The lowest BCUT2D eigenvalue weighted by atomic mass is 10.1. The van der Waals surface area contributed by atoms with Gasteiger partial charge in [-0.3, -0.25) is 4.79 Å². The highest BCUT2D eigenvalue weighted by Crippen LogP contribution is 2.25. The number of carbonyl (C=O) groups is 1. The van der Waals surface area contributed by atoms with E-state index in [1.54, 1.807) is 6.07 Å². The van der Waals surface area contributed by atoms with Crippen molar-refractivity contribution in [1.82, 2.24) is 5.32 Å². The van der Waals surface area contributed by atoms with Crippen molar-refractivity contribution in [3.63, 3.8) is 0 Å². The Hall–Kier alpha value is -1.66. The Morgan fingerprint density at radius 1 is 1.40 bits per heavy atom. The van der Waals surface area contributed by atoms with Gasteiger partial charge in [0.1, 0.15) is 0 Å². The molecule has 20 heavy (non-hydrogen) atoms. The Labute approximate surface area is 116 Å². The summed E-state index contributed by atoms with van der Waals surface area (Å²) in [6, 6.07) is 5.68. The number of hydrogen-bond acceptors (Lipinski definition) is 4. The van der Waals surface area contributed by atoms with Crippen molar-refractivity contribution in [2.75, 3.05) is 13.2 Å². The highest BCUT2D eigenvalue weighted by Gasteiger charge is 2.33. The zero-order valence-electron chi connectivity index (χ0n) is 11.0. The van der Waals surface area contributed by atoms with Gasteiger partial charge in [0.05, 0.1) is 6.10 Å². The van der Waals surface area contributed by atoms with Crippen LogP contribution in [-0.4, -0.2) is 41.5 Å². The molecule has 0 bridgehead atoms. The van der Waals surface area contributed by atoms with Crippen molar-refractivity contribution < 1.29 is 24.1 Å². The molecule has 6 heteroatoms. The van der Waals surface area contributed by atoms with E-state index in [4.69, 9.17) is 9.84 Å². The lowest BCUT2D eigenvalue weighted by Gasteiger charge is -2.13. The molecule has 0 radical (unpaired) electrons. The molecule has 5 nitrogen and oxygen atoms in total. The molecule has 110 valence electrons. The van der Waals surface area contributed by atoms with Gasteiger partial charge >= 0.3 is 0 Å². The molecule has 0 aromatic heterocycles. The summed E-state index contributed by atoms with van der Waals surface area (Å²) < 4.78 is 18.4. The number of halogens is 1. The quantitative estimate of drug-likeness (QED) is 0.733. The van der Waals surface area contributed by atoms with Crippen LogP contribution in [0.4, 0.5) is 4.39 Å². The average molecular weight is 283 g/mol. The molecule has 1 amide bonds. The van der Waals surface area contributed by atoms with E-state index in [9.17, 15) is 14.3 Å². The molecule has 1 aromatic rings. The van der Waals surface area contributed by atoms with Crippen LogP contribution in [0.1, 0.15) is 12.8 Å². The minimum Gasteiger partial charge on any atom is -0.481 e. The Balaban J connectivity index is 1.78. The average Bonchev–Trinajstić information content (AvgIpc) is 2.77. The van der Waals surface area contributed by atoms with Crippen LogP contribution in [0.25, 0.3) is 0 Å². The highest BCUT2D eigenvalue weighted by molar-refractivity contribution is 5.77. The Morgan fingerprint density at radius 2 is 2.15 bits per heavy atom. The predicted molar refractivity (Wildman–Crippen MR) is 69.6 cm³/mol. The smallest absolute Gasteiger partial charge is 0.258 e. The van der Waals surface area contributed by atoms with E-state index in [0.29, 0.717) is 12.8 Å². The molecule has 0 spiro atoms. The van der Waals surface area contributed by atoms with Crippen LogP contribution in [0.2, 0.25) is 0 Å². The summed E-state index contributed by atoms with van der Waals surface area (Å²) >= 11 is 0. The van der Waals surface area contributed by atoms with Gasteiger partial charge in [-0.1, -0.05) is 12.1 Å². The summed E-state index contributed by atoms with van der Waals surface area (Å²) in [7, 11) is 0. The first-order chi connectivity index (χ1) is 9.60. The fraction of sp³-hybridized carbons (Fsp3) is 0.500. The number of amides is 1. The molecule has 1 fully saturated rings. The molecule has 0 unspecified atom stereocenters. The molecule has 1 aromatic carbocycles. The first-order valence-electron chi connectivity index (χ1n) is 6.55. The first-order valence-corrected chi connectivity index (χ1v) is 6.55. The van der Waals surface area contributed by atoms with Gasteiger partial charge in [0, 0.05) is 18.6 Å². The van der Waals surface area contributed by atoms with Crippen LogP contribution in [0.5, 0.6) is 5.75 Å². The molecule has 1 aliphatic rings. The van der Waals surface area contributed by atoms with Gasteiger partial charge in [-0.2, -0.15) is 0 Å². The number of aliphatic hydroxyl groups is 2. The minimum absolute atomic E-state index is 0.0299. The van der Waals surface area contributed by atoms with Crippen molar-refractivity contribution >= 4 is 5.91 Å². The maximum atomic E-state index is 13.3. The van der Waals surface area contributed by atoms with E-state index in [-0.39, 0.29) is 36.8 Å². The third kappa shape index (κ3) is 3.68. The number of benzene rings is 1. The number of ether oxygens (including phenoxy) is 1. The van der Waals surface area contributed by atoms with Crippen molar-refractivity contribution in [3.8, 4) is 5.75 Å². The molecule has 3 atom stereocenters. The highest BCUT2D eigenvalue weighted by atomic mass is 19.1. The monoisotopic (exact) mass is 283 g/mol. The summed E-state index contributed by atoms with van der Waals surface area (Å²) in [5.74, 6) is -1.06. The Bertz CT molecular complexity index is 468. The number of hydrogen-bond donors (Lipinski definition) is 3. The molecular formula is C14H18FNO4. The summed E-state index contributed by atoms with van der Waals surface area (Å²) in [6.07, 6.45) is 0.345. The lowest BCUT2D eigenvalue weighted by molar-refractivity contribution is -0.123. The third-order valence-electron chi connectivity index (χ3n) is 3.45. The van der Waals surface area contributed by atoms with Gasteiger partial charge in [-0.15, -0.1) is 0 Å². The SMILES string of the molecule is O=C(COc1ccccc1F)N[C@H]1C[C@H](CO)[C@@H](O)C1. The van der Waals surface area contributed by atoms with Crippen LogP contribution in [0, 0.1) is 11.7 Å². The van der Waals surface area contributed by atoms with E-state index in [0.717, 1.165) is 0 Å². The van der Waals surface area contributed by atoms with E-state index in [2.05, 4.69) is 5.32 Å². The molecule has 0 saturated heterocycles. The summed E-state index contributed by atoms with van der Waals surface area (Å²) in [6.45, 7) is -0.378. The van der Waals surface area contributed by atoms with Crippen LogP contribution < -0.4 is 10.1 Å². The second-order valence-electron chi connectivity index (χ2n) is 4.96. The zero-order chi connectivity index (χ0) is 14.5. The molecule has 0 heterocycles. The number of para-hydroxylation sites is 1. The number of aliphatic hydroxyl groups excluding tert-OH is 2. The molecule has 2 rings (SSSR count). The normalized spacial score (nSPS) is 25.4. The Kier molecular flexibility index (Phi) is 4.92. The standard InChI is InChI=1S/C14H18FNO4/c15-11-3-1-2-4-13(11)20-8-14(19)16-10-5-9(7-17)12(18)6-10/h1-4,9-10,12,17-18H,5-8H2,(H,16,19)/t9-,10+,12+/m1/s1. The first kappa shape index (κ1) is 14.7. The van der Waals surface area contributed by atoms with Crippen molar-refractivity contribution in [3.05, 3.63) is 30.1 Å². The van der Waals surface area contributed by atoms with Gasteiger partial charge in [-0.05, 0) is 25.0 Å². The fourth-order valence-corrected chi connectivity index (χ4v) is 2.39. The van der Waals surface area contributed by atoms with Crippen LogP contribution in [0.15, 0.2) is 24.3 Å². The minimum atomic E-state index is -0.599. The van der Waals surface area contributed by atoms with Crippen LogP contribution in [0.3, 0.4) is 0 Å². The largest absolute Gasteiger partial charge is 0.481 e. The molecule has 0 aliphatic heterocycles. The van der Waals surface area contributed by atoms with Gasteiger partial charge in [0.25, 0.3) is 5.91 Å². The summed E-state index contributed by atoms with van der Waals surface area (Å²) in [5.41, 5.74) is 0. The summed E-state index contributed by atoms with van der Waals surface area (Å²) in [5, 5.41) is 21.4. The number of rotatable bonds is 5. The van der Waals surface area contributed by atoms with Crippen LogP contribution >= 0.6 is 0 Å². The number of nitrogens with one attached hydrogen (secondary N) is 1. The van der Waals surface area contributed by atoms with Crippen molar-refractivity contribution in [2.24, 2.45) is 5.92 Å². The second kappa shape index (κ2) is 6.67. The van der Waals surface area contributed by atoms with E-state index in [1.807, 2.05) is 0 Å². The zero-order valence-corrected chi connectivity index (χ0v) is 11.0. The van der Waals surface area contributed by atoms with Gasteiger partial charge < -0.3 is 20.3 Å². The van der Waals surface area contributed by atoms with Gasteiger partial charge in [0.15, 0.2) is 18.2 Å². The summed E-state index contributed by atoms with van der Waals surface area (Å²) in [4.78, 5) is 11.7. The molecular weight excluding hydrogens is 265 g/mol. The topological polar surface area (TPSA) is 78.8 Å². The lowest BCUT2D eigenvalue weighted by Crippen LogP contribution is -2.36. The van der Waals surface area contributed by atoms with Gasteiger partial charge in [0.2, 0.25) is 0 Å².